The first kappa shape index (κ1) is 16.4. The van der Waals surface area contributed by atoms with Gasteiger partial charge in [0.25, 0.3) is 5.91 Å². The first-order valence-electron chi connectivity index (χ1n) is 6.40. The first-order chi connectivity index (χ1) is 10.6. The molecule has 0 bridgehead atoms. The SMILES string of the molecule is O=C(NCCSCc1cccs1)c1ccc(F)c([N+](=O)[O-])c1. The van der Waals surface area contributed by atoms with Gasteiger partial charge in [-0.25, -0.2) is 0 Å². The summed E-state index contributed by atoms with van der Waals surface area (Å²) in [6.07, 6.45) is 0. The second kappa shape index (κ2) is 7.90. The van der Waals surface area contributed by atoms with Crippen LogP contribution in [0.2, 0.25) is 0 Å². The van der Waals surface area contributed by atoms with Gasteiger partial charge in [0.05, 0.1) is 4.92 Å². The lowest BCUT2D eigenvalue weighted by Crippen LogP contribution is -2.25. The maximum absolute atomic E-state index is 13.2. The minimum Gasteiger partial charge on any atom is -0.351 e. The number of rotatable bonds is 7. The number of thiophene rings is 1. The summed E-state index contributed by atoms with van der Waals surface area (Å²) < 4.78 is 13.2. The Morgan fingerprint density at radius 2 is 2.23 bits per heavy atom. The van der Waals surface area contributed by atoms with Gasteiger partial charge in [0.15, 0.2) is 0 Å². The molecule has 1 N–H and O–H groups in total. The van der Waals surface area contributed by atoms with Crippen molar-refractivity contribution in [1.82, 2.24) is 5.32 Å². The monoisotopic (exact) mass is 340 g/mol. The molecule has 0 saturated carbocycles. The minimum atomic E-state index is -0.951. The lowest BCUT2D eigenvalue weighted by atomic mass is 10.2. The average molecular weight is 340 g/mol. The number of carbonyl (C=O) groups is 1. The normalized spacial score (nSPS) is 10.4. The van der Waals surface area contributed by atoms with E-state index < -0.39 is 22.3 Å². The number of thioether (sulfide) groups is 1. The Morgan fingerprint density at radius 1 is 1.41 bits per heavy atom. The fourth-order valence-corrected chi connectivity index (χ4v) is 3.40. The van der Waals surface area contributed by atoms with E-state index in [2.05, 4.69) is 5.32 Å². The molecule has 1 heterocycles. The van der Waals surface area contributed by atoms with Crippen LogP contribution >= 0.6 is 23.1 Å². The zero-order valence-corrected chi connectivity index (χ0v) is 13.1. The average Bonchev–Trinajstić information content (AvgIpc) is 3.00. The number of halogens is 1. The van der Waals surface area contributed by atoms with Crippen LogP contribution < -0.4 is 5.32 Å². The zero-order chi connectivity index (χ0) is 15.9. The minimum absolute atomic E-state index is 0.0800. The summed E-state index contributed by atoms with van der Waals surface area (Å²) >= 11 is 3.37. The van der Waals surface area contributed by atoms with Gasteiger partial charge in [-0.2, -0.15) is 16.2 Å². The van der Waals surface area contributed by atoms with Crippen LogP contribution in [0.15, 0.2) is 35.7 Å². The van der Waals surface area contributed by atoms with Crippen molar-refractivity contribution >= 4 is 34.7 Å². The highest BCUT2D eigenvalue weighted by molar-refractivity contribution is 7.98. The molecule has 5 nitrogen and oxygen atoms in total. The van der Waals surface area contributed by atoms with Gasteiger partial charge < -0.3 is 5.32 Å². The number of carbonyl (C=O) groups excluding carboxylic acids is 1. The van der Waals surface area contributed by atoms with E-state index in [0.717, 1.165) is 23.6 Å². The number of hydrogen-bond donors (Lipinski definition) is 1. The molecule has 1 aromatic carbocycles. The number of nitrogens with one attached hydrogen (secondary N) is 1. The molecule has 0 atom stereocenters. The maximum atomic E-state index is 13.2. The molecule has 0 radical (unpaired) electrons. The van der Waals surface area contributed by atoms with Crippen LogP contribution in [-0.2, 0) is 5.75 Å². The molecule has 1 aromatic heterocycles. The first-order valence-corrected chi connectivity index (χ1v) is 8.43. The molecule has 0 saturated heterocycles. The van der Waals surface area contributed by atoms with E-state index in [4.69, 9.17) is 0 Å². The fraction of sp³-hybridized carbons (Fsp3) is 0.214. The molecule has 8 heteroatoms. The van der Waals surface area contributed by atoms with E-state index in [1.165, 1.54) is 10.9 Å². The maximum Gasteiger partial charge on any atom is 0.305 e. The molecule has 2 rings (SSSR count). The molecule has 0 unspecified atom stereocenters. The van der Waals surface area contributed by atoms with Crippen LogP contribution in [0.5, 0.6) is 0 Å². The lowest BCUT2D eigenvalue weighted by molar-refractivity contribution is -0.387. The standard InChI is InChI=1S/C14H13FN2O3S2/c15-12-4-3-10(8-13(12)17(19)20)14(18)16-5-7-21-9-11-2-1-6-22-11/h1-4,6,8H,5,7,9H2,(H,16,18). The Bertz CT molecular complexity index is 662. The second-order valence-electron chi connectivity index (χ2n) is 4.31. The molecule has 0 fully saturated rings. The molecule has 116 valence electrons. The predicted molar refractivity (Wildman–Crippen MR) is 85.9 cm³/mol. The Hall–Kier alpha value is -1.93. The number of hydrogen-bond acceptors (Lipinski definition) is 5. The van der Waals surface area contributed by atoms with Gasteiger partial charge in [0.2, 0.25) is 5.82 Å². The summed E-state index contributed by atoms with van der Waals surface area (Å²) in [5.41, 5.74) is -0.615. The highest BCUT2D eigenvalue weighted by atomic mass is 32.2. The van der Waals surface area contributed by atoms with Crippen molar-refractivity contribution in [3.05, 3.63) is 62.1 Å². The van der Waals surface area contributed by atoms with Crippen LogP contribution in [0.25, 0.3) is 0 Å². The van der Waals surface area contributed by atoms with Crippen molar-refractivity contribution in [2.45, 2.75) is 5.75 Å². The highest BCUT2D eigenvalue weighted by Gasteiger charge is 2.17. The molecule has 22 heavy (non-hydrogen) atoms. The van der Waals surface area contributed by atoms with Gasteiger partial charge in [-0.3, -0.25) is 14.9 Å². The number of amides is 1. The molecule has 1 amide bonds. The van der Waals surface area contributed by atoms with Gasteiger partial charge in [-0.05, 0) is 23.6 Å². The Morgan fingerprint density at radius 3 is 2.91 bits per heavy atom. The predicted octanol–water partition coefficient (Wildman–Crippen LogP) is 3.46. The molecule has 0 aliphatic rings. The Labute approximate surface area is 134 Å². The summed E-state index contributed by atoms with van der Waals surface area (Å²) in [6.45, 7) is 0.444. The summed E-state index contributed by atoms with van der Waals surface area (Å²) in [7, 11) is 0. The van der Waals surface area contributed by atoms with Crippen molar-refractivity contribution in [3.8, 4) is 0 Å². The smallest absolute Gasteiger partial charge is 0.305 e. The quantitative estimate of drug-likeness (QED) is 0.476. The van der Waals surface area contributed by atoms with E-state index in [9.17, 15) is 19.3 Å². The van der Waals surface area contributed by atoms with Crippen molar-refractivity contribution in [2.24, 2.45) is 0 Å². The van der Waals surface area contributed by atoms with Crippen LogP contribution in [0.1, 0.15) is 15.2 Å². The molecule has 2 aromatic rings. The van der Waals surface area contributed by atoms with Gasteiger partial charge in [-0.1, -0.05) is 6.07 Å². The van der Waals surface area contributed by atoms with E-state index >= 15 is 0 Å². The van der Waals surface area contributed by atoms with E-state index in [-0.39, 0.29) is 5.56 Å². The number of nitro benzene ring substituents is 1. The van der Waals surface area contributed by atoms with E-state index in [1.807, 2.05) is 17.5 Å². The summed E-state index contributed by atoms with van der Waals surface area (Å²) in [6, 6.07) is 7.15. The Balaban J connectivity index is 1.79. The van der Waals surface area contributed by atoms with Gasteiger partial charge in [0, 0.05) is 34.6 Å². The van der Waals surface area contributed by atoms with Crippen molar-refractivity contribution in [3.63, 3.8) is 0 Å². The third-order valence-corrected chi connectivity index (χ3v) is 4.83. The van der Waals surface area contributed by atoms with E-state index in [1.54, 1.807) is 23.1 Å². The fourth-order valence-electron chi connectivity index (χ4n) is 1.70. The van der Waals surface area contributed by atoms with Crippen LogP contribution in [0, 0.1) is 15.9 Å². The van der Waals surface area contributed by atoms with Gasteiger partial charge >= 0.3 is 5.69 Å². The largest absolute Gasteiger partial charge is 0.351 e. The molecule has 0 aliphatic heterocycles. The third-order valence-electron chi connectivity index (χ3n) is 2.76. The Kier molecular flexibility index (Phi) is 5.91. The highest BCUT2D eigenvalue weighted by Crippen LogP contribution is 2.19. The molecule has 0 spiro atoms. The molecule has 0 aliphatic carbocycles. The lowest BCUT2D eigenvalue weighted by Gasteiger charge is -2.05. The number of benzene rings is 1. The molecular weight excluding hydrogens is 327 g/mol. The van der Waals surface area contributed by atoms with Crippen molar-refractivity contribution in [1.29, 1.82) is 0 Å². The zero-order valence-electron chi connectivity index (χ0n) is 11.5. The number of nitro groups is 1. The van der Waals surface area contributed by atoms with Crippen LogP contribution in [0.4, 0.5) is 10.1 Å². The summed E-state index contributed by atoms with van der Waals surface area (Å²) in [4.78, 5) is 22.9. The van der Waals surface area contributed by atoms with Gasteiger partial charge in [0.1, 0.15) is 0 Å². The van der Waals surface area contributed by atoms with E-state index in [0.29, 0.717) is 6.54 Å². The molecular formula is C14H13FN2O3S2. The van der Waals surface area contributed by atoms with Crippen LogP contribution in [0.3, 0.4) is 0 Å². The third kappa shape index (κ3) is 4.54. The number of nitrogens with zero attached hydrogens (tertiary/aromatic N) is 1. The second-order valence-corrected chi connectivity index (χ2v) is 6.45. The van der Waals surface area contributed by atoms with Crippen molar-refractivity contribution in [2.75, 3.05) is 12.3 Å². The summed E-state index contributed by atoms with van der Waals surface area (Å²) in [5, 5.41) is 15.3. The van der Waals surface area contributed by atoms with Crippen LogP contribution in [-0.4, -0.2) is 23.1 Å². The summed E-state index contributed by atoms with van der Waals surface area (Å²) in [5.74, 6) is 0.218. The van der Waals surface area contributed by atoms with Gasteiger partial charge in [-0.15, -0.1) is 11.3 Å². The topological polar surface area (TPSA) is 72.2 Å². The van der Waals surface area contributed by atoms with Crippen molar-refractivity contribution < 1.29 is 14.1 Å².